The van der Waals surface area contributed by atoms with Gasteiger partial charge in [0.15, 0.2) is 0 Å². The molecule has 0 bridgehead atoms. The minimum Gasteiger partial charge on any atom is -0.469 e. The molecule has 1 heterocycles. The van der Waals surface area contributed by atoms with Crippen molar-refractivity contribution in [1.82, 2.24) is 10.6 Å². The summed E-state index contributed by atoms with van der Waals surface area (Å²) in [5, 5.41) is 7.79. The van der Waals surface area contributed by atoms with Crippen LogP contribution in [0.1, 0.15) is 29.6 Å². The van der Waals surface area contributed by atoms with E-state index < -0.39 is 17.9 Å². The first-order valence-electron chi connectivity index (χ1n) is 7.55. The summed E-state index contributed by atoms with van der Waals surface area (Å²) in [7, 11) is 1.30. The molecule has 3 amide bonds. The maximum atomic E-state index is 12.1. The lowest BCUT2D eigenvalue weighted by molar-refractivity contribution is -0.140. The van der Waals surface area contributed by atoms with Gasteiger partial charge < -0.3 is 20.7 Å². The molecule has 0 aliphatic carbocycles. The van der Waals surface area contributed by atoms with Crippen LogP contribution < -0.4 is 16.0 Å². The van der Waals surface area contributed by atoms with Crippen LogP contribution >= 0.6 is 0 Å². The first kappa shape index (κ1) is 17.5. The number of rotatable bonds is 6. The number of methoxy groups -OCH3 is 1. The van der Waals surface area contributed by atoms with Gasteiger partial charge in [-0.25, -0.2) is 0 Å². The van der Waals surface area contributed by atoms with E-state index in [2.05, 4.69) is 20.7 Å². The number of fused-ring (bicyclic) bond motifs is 1. The Bertz CT molecular complexity index is 659. The molecule has 8 nitrogen and oxygen atoms in total. The highest BCUT2D eigenvalue weighted by Gasteiger charge is 2.29. The van der Waals surface area contributed by atoms with Crippen molar-refractivity contribution in [2.75, 3.05) is 19.0 Å². The van der Waals surface area contributed by atoms with Crippen LogP contribution in [0.5, 0.6) is 0 Å². The molecule has 24 heavy (non-hydrogen) atoms. The summed E-state index contributed by atoms with van der Waals surface area (Å²) in [5.41, 5.74) is 0.771. The zero-order valence-corrected chi connectivity index (χ0v) is 13.3. The van der Waals surface area contributed by atoms with Gasteiger partial charge in [-0.05, 0) is 18.6 Å². The van der Waals surface area contributed by atoms with Crippen molar-refractivity contribution in [3.63, 3.8) is 0 Å². The Kier molecular flexibility index (Phi) is 5.89. The third-order valence-electron chi connectivity index (χ3n) is 3.55. The third-order valence-corrected chi connectivity index (χ3v) is 3.55. The summed E-state index contributed by atoms with van der Waals surface area (Å²) in [5.74, 6) is -1.59. The number of para-hydroxylation sites is 1. The second kappa shape index (κ2) is 8.09. The maximum Gasteiger partial charge on any atom is 0.305 e. The standard InChI is InChI=1S/C16H19N3O5/c1-24-14(21)7-4-8-17-13(20)9-12-16(23)18-11-6-3-2-5-10(11)15(22)19-12/h2-3,5-6,12H,4,7-9H2,1H3,(H,17,20)(H,18,23)(H,19,22)/t12-/m0/s1. The number of amides is 3. The summed E-state index contributed by atoms with van der Waals surface area (Å²) in [4.78, 5) is 47.1. The van der Waals surface area contributed by atoms with Gasteiger partial charge in [-0.15, -0.1) is 0 Å². The van der Waals surface area contributed by atoms with E-state index in [4.69, 9.17) is 0 Å². The smallest absolute Gasteiger partial charge is 0.305 e. The molecule has 1 atom stereocenters. The second-order valence-corrected chi connectivity index (χ2v) is 5.29. The lowest BCUT2D eigenvalue weighted by atomic mass is 10.1. The normalized spacial score (nSPS) is 16.3. The first-order valence-corrected chi connectivity index (χ1v) is 7.55. The molecule has 0 unspecified atom stereocenters. The average Bonchev–Trinajstić information content (AvgIpc) is 2.68. The second-order valence-electron chi connectivity index (χ2n) is 5.29. The molecule has 2 rings (SSSR count). The van der Waals surface area contributed by atoms with Gasteiger partial charge in [0.25, 0.3) is 5.91 Å². The summed E-state index contributed by atoms with van der Waals surface area (Å²) < 4.78 is 4.50. The van der Waals surface area contributed by atoms with Gasteiger partial charge in [0.2, 0.25) is 11.8 Å². The summed E-state index contributed by atoms with van der Waals surface area (Å²) in [6.07, 6.45) is 0.462. The Morgan fingerprint density at radius 1 is 1.25 bits per heavy atom. The largest absolute Gasteiger partial charge is 0.469 e. The monoisotopic (exact) mass is 333 g/mol. The van der Waals surface area contributed by atoms with E-state index in [-0.39, 0.29) is 31.3 Å². The first-order chi connectivity index (χ1) is 11.5. The summed E-state index contributed by atoms with van der Waals surface area (Å²) in [6, 6.07) is 5.67. The predicted molar refractivity (Wildman–Crippen MR) is 85.2 cm³/mol. The molecular weight excluding hydrogens is 314 g/mol. The Labute approximate surface area is 138 Å². The van der Waals surface area contributed by atoms with Crippen molar-refractivity contribution in [3.05, 3.63) is 29.8 Å². The van der Waals surface area contributed by atoms with E-state index in [1.807, 2.05) is 0 Å². The molecule has 3 N–H and O–H groups in total. The molecule has 0 saturated carbocycles. The van der Waals surface area contributed by atoms with Crippen LogP contribution in [-0.4, -0.2) is 43.4 Å². The molecular formula is C16H19N3O5. The van der Waals surface area contributed by atoms with Gasteiger partial charge in [-0.1, -0.05) is 12.1 Å². The number of esters is 1. The SMILES string of the molecule is COC(=O)CCCNC(=O)C[C@@H]1NC(=O)c2ccccc2NC1=O. The highest BCUT2D eigenvalue weighted by atomic mass is 16.5. The van der Waals surface area contributed by atoms with E-state index in [9.17, 15) is 19.2 Å². The van der Waals surface area contributed by atoms with Gasteiger partial charge >= 0.3 is 5.97 Å². The van der Waals surface area contributed by atoms with E-state index in [0.29, 0.717) is 17.7 Å². The van der Waals surface area contributed by atoms with Gasteiger partial charge in [-0.2, -0.15) is 0 Å². The fourth-order valence-electron chi connectivity index (χ4n) is 2.28. The van der Waals surface area contributed by atoms with Crippen molar-refractivity contribution in [1.29, 1.82) is 0 Å². The molecule has 1 aromatic rings. The molecule has 0 radical (unpaired) electrons. The average molecular weight is 333 g/mol. The number of hydrogen-bond donors (Lipinski definition) is 3. The quantitative estimate of drug-likeness (QED) is 0.508. The lowest BCUT2D eigenvalue weighted by Crippen LogP contribution is -2.44. The van der Waals surface area contributed by atoms with Gasteiger partial charge in [0.1, 0.15) is 6.04 Å². The highest BCUT2D eigenvalue weighted by Crippen LogP contribution is 2.18. The van der Waals surface area contributed by atoms with Crippen LogP contribution in [0.15, 0.2) is 24.3 Å². The van der Waals surface area contributed by atoms with E-state index in [1.165, 1.54) is 7.11 Å². The maximum absolute atomic E-state index is 12.1. The number of nitrogens with one attached hydrogen (secondary N) is 3. The van der Waals surface area contributed by atoms with Crippen molar-refractivity contribution >= 4 is 29.4 Å². The summed E-state index contributed by atoms with van der Waals surface area (Å²) in [6.45, 7) is 0.288. The Hall–Kier alpha value is -2.90. The minimum atomic E-state index is -0.953. The fraction of sp³-hybridized carbons (Fsp3) is 0.375. The number of hydrogen-bond acceptors (Lipinski definition) is 5. The molecule has 0 spiro atoms. The number of anilines is 1. The third kappa shape index (κ3) is 4.55. The molecule has 0 aromatic heterocycles. The van der Waals surface area contributed by atoms with E-state index in [1.54, 1.807) is 24.3 Å². The fourth-order valence-corrected chi connectivity index (χ4v) is 2.28. The predicted octanol–water partition coefficient (Wildman–Crippen LogP) is 0.197. The molecule has 0 saturated heterocycles. The molecule has 1 aliphatic heterocycles. The zero-order chi connectivity index (χ0) is 17.5. The number of ether oxygens (including phenoxy) is 1. The topological polar surface area (TPSA) is 114 Å². The summed E-state index contributed by atoms with van der Waals surface area (Å²) >= 11 is 0. The zero-order valence-electron chi connectivity index (χ0n) is 13.3. The van der Waals surface area contributed by atoms with Crippen LogP contribution in [0.25, 0.3) is 0 Å². The van der Waals surface area contributed by atoms with E-state index >= 15 is 0 Å². The van der Waals surface area contributed by atoms with Gasteiger partial charge in [0, 0.05) is 13.0 Å². The minimum absolute atomic E-state index is 0.177. The lowest BCUT2D eigenvalue weighted by Gasteiger charge is -2.14. The van der Waals surface area contributed by atoms with E-state index in [0.717, 1.165) is 0 Å². The number of benzene rings is 1. The Morgan fingerprint density at radius 2 is 2.00 bits per heavy atom. The molecule has 0 fully saturated rings. The van der Waals surface area contributed by atoms with Gasteiger partial charge in [-0.3, -0.25) is 19.2 Å². The van der Waals surface area contributed by atoms with Crippen LogP contribution in [0.2, 0.25) is 0 Å². The molecule has 128 valence electrons. The number of carbonyl (C=O) groups is 4. The van der Waals surface area contributed by atoms with Gasteiger partial charge in [0.05, 0.1) is 24.8 Å². The van der Waals surface area contributed by atoms with Crippen molar-refractivity contribution in [2.45, 2.75) is 25.3 Å². The highest BCUT2D eigenvalue weighted by molar-refractivity contribution is 6.10. The van der Waals surface area contributed by atoms with Crippen molar-refractivity contribution in [3.8, 4) is 0 Å². The van der Waals surface area contributed by atoms with Crippen LogP contribution in [0.4, 0.5) is 5.69 Å². The Morgan fingerprint density at radius 3 is 2.75 bits per heavy atom. The van der Waals surface area contributed by atoms with Crippen molar-refractivity contribution in [2.24, 2.45) is 0 Å². The van der Waals surface area contributed by atoms with Crippen LogP contribution in [0.3, 0.4) is 0 Å². The number of carbonyl (C=O) groups excluding carboxylic acids is 4. The van der Waals surface area contributed by atoms with Crippen molar-refractivity contribution < 1.29 is 23.9 Å². The van der Waals surface area contributed by atoms with Crippen LogP contribution in [-0.2, 0) is 19.1 Å². The van der Waals surface area contributed by atoms with Crippen LogP contribution in [0, 0.1) is 0 Å². The molecule has 8 heteroatoms. The Balaban J connectivity index is 1.87. The molecule has 1 aromatic carbocycles. The molecule has 1 aliphatic rings.